The zero-order valence-corrected chi connectivity index (χ0v) is 10.7. The summed E-state index contributed by atoms with van der Waals surface area (Å²) < 4.78 is 0. The molecular formula is C14H12N4O2. The molecule has 2 rings (SSSR count). The number of carboxylic acids is 1. The Hall–Kier alpha value is -2.94. The molecule has 20 heavy (non-hydrogen) atoms. The minimum Gasteiger partial charge on any atom is -0.479 e. The van der Waals surface area contributed by atoms with Gasteiger partial charge in [0.2, 0.25) is 0 Å². The van der Waals surface area contributed by atoms with E-state index in [1.54, 1.807) is 30.3 Å². The topological polar surface area (TPSA) is 98.9 Å². The molecule has 0 bridgehead atoms. The number of aromatic nitrogens is 2. The summed E-state index contributed by atoms with van der Waals surface area (Å²) in [6, 6.07) is 10.6. The fourth-order valence-corrected chi connectivity index (χ4v) is 1.77. The number of carboxylic acid groups (broad SMARTS) is 1. The normalized spacial score (nSPS) is 13.0. The molecule has 0 saturated carbocycles. The summed E-state index contributed by atoms with van der Waals surface area (Å²) in [6.07, 6.45) is 2.78. The molecule has 0 spiro atoms. The van der Waals surface area contributed by atoms with Crippen LogP contribution < -0.4 is 5.32 Å². The van der Waals surface area contributed by atoms with E-state index in [-0.39, 0.29) is 11.5 Å². The third-order valence-corrected chi connectivity index (χ3v) is 2.95. The van der Waals surface area contributed by atoms with Gasteiger partial charge in [0.25, 0.3) is 0 Å². The number of benzene rings is 1. The highest BCUT2D eigenvalue weighted by molar-refractivity contribution is 5.84. The molecule has 1 heterocycles. The molecule has 0 aliphatic carbocycles. The number of anilines is 1. The van der Waals surface area contributed by atoms with E-state index in [0.717, 1.165) is 0 Å². The summed E-state index contributed by atoms with van der Waals surface area (Å²) >= 11 is 0. The zero-order valence-electron chi connectivity index (χ0n) is 10.7. The Morgan fingerprint density at radius 3 is 2.55 bits per heavy atom. The first-order valence-corrected chi connectivity index (χ1v) is 5.86. The second-order valence-electron chi connectivity index (χ2n) is 4.29. The Kier molecular flexibility index (Phi) is 3.62. The van der Waals surface area contributed by atoms with E-state index in [0.29, 0.717) is 5.56 Å². The molecule has 0 aliphatic heterocycles. The molecule has 6 nitrogen and oxygen atoms in total. The number of nitrogens with zero attached hydrogens (tertiary/aromatic N) is 3. The molecule has 1 unspecified atom stereocenters. The summed E-state index contributed by atoms with van der Waals surface area (Å²) in [5, 5.41) is 21.3. The number of aliphatic carboxylic acids is 1. The lowest BCUT2D eigenvalue weighted by molar-refractivity contribution is -0.142. The molecule has 0 fully saturated rings. The minimum absolute atomic E-state index is 0.0518. The van der Waals surface area contributed by atoms with Crippen molar-refractivity contribution in [3.8, 4) is 6.07 Å². The lowest BCUT2D eigenvalue weighted by Gasteiger charge is -2.27. The van der Waals surface area contributed by atoms with Gasteiger partial charge in [-0.15, -0.1) is 0 Å². The van der Waals surface area contributed by atoms with Crippen molar-refractivity contribution >= 4 is 11.8 Å². The Labute approximate surface area is 115 Å². The predicted octanol–water partition coefficient (Wildman–Crippen LogP) is 1.76. The number of hydrogen-bond acceptors (Lipinski definition) is 5. The maximum Gasteiger partial charge on any atom is 0.333 e. The lowest BCUT2D eigenvalue weighted by atomic mass is 9.92. The van der Waals surface area contributed by atoms with E-state index in [1.165, 1.54) is 19.3 Å². The molecule has 0 radical (unpaired) electrons. The van der Waals surface area contributed by atoms with Crippen LogP contribution in [0.3, 0.4) is 0 Å². The molecule has 1 aromatic heterocycles. The Morgan fingerprint density at radius 1 is 1.30 bits per heavy atom. The number of rotatable bonds is 4. The average molecular weight is 268 g/mol. The third-order valence-electron chi connectivity index (χ3n) is 2.95. The number of nitriles is 1. The molecule has 0 aliphatic rings. The van der Waals surface area contributed by atoms with Crippen LogP contribution in [0.5, 0.6) is 0 Å². The summed E-state index contributed by atoms with van der Waals surface area (Å²) in [4.78, 5) is 19.5. The van der Waals surface area contributed by atoms with Gasteiger partial charge in [0.05, 0.1) is 0 Å². The Morgan fingerprint density at radius 2 is 1.95 bits per heavy atom. The molecule has 6 heteroatoms. The fourth-order valence-electron chi connectivity index (χ4n) is 1.77. The van der Waals surface area contributed by atoms with Crippen LogP contribution in [0.25, 0.3) is 0 Å². The van der Waals surface area contributed by atoms with E-state index >= 15 is 0 Å². The van der Waals surface area contributed by atoms with E-state index in [2.05, 4.69) is 15.3 Å². The molecule has 0 amide bonds. The van der Waals surface area contributed by atoms with Gasteiger partial charge in [-0.25, -0.2) is 14.8 Å². The second-order valence-corrected chi connectivity index (χ2v) is 4.29. The van der Waals surface area contributed by atoms with Gasteiger partial charge in [-0.3, -0.25) is 0 Å². The van der Waals surface area contributed by atoms with Crippen molar-refractivity contribution in [2.24, 2.45) is 0 Å². The first-order valence-electron chi connectivity index (χ1n) is 5.86. The molecule has 1 aromatic carbocycles. The molecular weight excluding hydrogens is 256 g/mol. The van der Waals surface area contributed by atoms with Gasteiger partial charge in [0.1, 0.15) is 6.07 Å². The van der Waals surface area contributed by atoms with Gasteiger partial charge in [-0.2, -0.15) is 5.26 Å². The van der Waals surface area contributed by atoms with Crippen molar-refractivity contribution in [1.29, 1.82) is 5.26 Å². The largest absolute Gasteiger partial charge is 0.479 e. The van der Waals surface area contributed by atoms with E-state index < -0.39 is 11.5 Å². The first kappa shape index (κ1) is 13.5. The first-order chi connectivity index (χ1) is 9.58. The molecule has 0 saturated heterocycles. The van der Waals surface area contributed by atoms with Gasteiger partial charge in [-0.1, -0.05) is 30.3 Å². The highest BCUT2D eigenvalue weighted by Gasteiger charge is 2.36. The minimum atomic E-state index is -1.40. The zero-order chi connectivity index (χ0) is 14.6. The van der Waals surface area contributed by atoms with Crippen molar-refractivity contribution in [3.63, 3.8) is 0 Å². The Balaban J connectivity index is 2.46. The van der Waals surface area contributed by atoms with Gasteiger partial charge < -0.3 is 10.4 Å². The summed E-state index contributed by atoms with van der Waals surface area (Å²) in [7, 11) is 0. The van der Waals surface area contributed by atoms with Crippen LogP contribution in [0.15, 0.2) is 42.7 Å². The fraction of sp³-hybridized carbons (Fsp3) is 0.143. The van der Waals surface area contributed by atoms with Gasteiger partial charge in [0, 0.05) is 12.4 Å². The number of carbonyl (C=O) groups is 1. The third kappa shape index (κ3) is 2.42. The number of nitrogens with one attached hydrogen (secondary N) is 1. The summed E-state index contributed by atoms with van der Waals surface area (Å²) in [5.41, 5.74) is -0.791. The monoisotopic (exact) mass is 268 g/mol. The maximum absolute atomic E-state index is 11.6. The van der Waals surface area contributed by atoms with Crippen molar-refractivity contribution < 1.29 is 9.90 Å². The molecule has 2 aromatic rings. The van der Waals surface area contributed by atoms with Gasteiger partial charge in [-0.05, 0) is 12.5 Å². The Bertz CT molecular complexity index is 666. The smallest absolute Gasteiger partial charge is 0.333 e. The standard InChI is InChI=1S/C14H12N4O2/c1-14(13(19)20,10-5-3-2-4-6-10)18-12-11(9-15)16-7-8-17-12/h2-8H,1H3,(H,17,18)(H,19,20). The van der Waals surface area contributed by atoms with Gasteiger partial charge in [0.15, 0.2) is 17.1 Å². The van der Waals surface area contributed by atoms with Crippen molar-refractivity contribution in [3.05, 3.63) is 54.0 Å². The molecule has 1 atom stereocenters. The molecule has 2 N–H and O–H groups in total. The molecule has 100 valence electrons. The van der Waals surface area contributed by atoms with Crippen molar-refractivity contribution in [1.82, 2.24) is 9.97 Å². The van der Waals surface area contributed by atoms with Crippen LogP contribution in [0, 0.1) is 11.3 Å². The lowest BCUT2D eigenvalue weighted by Crippen LogP contribution is -2.41. The highest BCUT2D eigenvalue weighted by atomic mass is 16.4. The van der Waals surface area contributed by atoms with Gasteiger partial charge >= 0.3 is 5.97 Å². The van der Waals surface area contributed by atoms with Crippen LogP contribution in [0.1, 0.15) is 18.2 Å². The van der Waals surface area contributed by atoms with Crippen LogP contribution in [0.4, 0.5) is 5.82 Å². The maximum atomic E-state index is 11.6. The number of hydrogen-bond donors (Lipinski definition) is 2. The van der Waals surface area contributed by atoms with E-state index in [4.69, 9.17) is 5.26 Å². The predicted molar refractivity (Wildman–Crippen MR) is 71.8 cm³/mol. The second kappa shape index (κ2) is 5.36. The van der Waals surface area contributed by atoms with E-state index in [9.17, 15) is 9.90 Å². The van der Waals surface area contributed by atoms with Crippen LogP contribution in [-0.2, 0) is 10.3 Å². The van der Waals surface area contributed by atoms with Crippen LogP contribution >= 0.6 is 0 Å². The summed E-state index contributed by atoms with van der Waals surface area (Å²) in [5.74, 6) is -0.929. The average Bonchev–Trinajstić information content (AvgIpc) is 2.48. The van der Waals surface area contributed by atoms with E-state index in [1.807, 2.05) is 6.07 Å². The summed E-state index contributed by atoms with van der Waals surface area (Å²) in [6.45, 7) is 1.51. The van der Waals surface area contributed by atoms with Crippen molar-refractivity contribution in [2.45, 2.75) is 12.5 Å². The van der Waals surface area contributed by atoms with Crippen LogP contribution in [0.2, 0.25) is 0 Å². The quantitative estimate of drug-likeness (QED) is 0.876. The van der Waals surface area contributed by atoms with Crippen LogP contribution in [-0.4, -0.2) is 21.0 Å². The SMILES string of the molecule is CC(Nc1nccnc1C#N)(C(=O)O)c1ccccc1. The van der Waals surface area contributed by atoms with Crippen molar-refractivity contribution in [2.75, 3.05) is 5.32 Å². The highest BCUT2D eigenvalue weighted by Crippen LogP contribution is 2.26.